The summed E-state index contributed by atoms with van der Waals surface area (Å²) in [5, 5.41) is 5.47. The SMILES string of the molecule is C1=Cc2sccc2CC=N1.CCC1Cc2c(ccc3ccccc23)C2=C1CC(Oc1cccc(Br)c1Cl)C=C2. The Morgan fingerprint density at radius 1 is 1.03 bits per heavy atom. The molecule has 0 spiro atoms. The van der Waals surface area contributed by atoms with Crippen LogP contribution < -0.4 is 4.74 Å². The van der Waals surface area contributed by atoms with Crippen molar-refractivity contribution in [2.45, 2.75) is 38.7 Å². The van der Waals surface area contributed by atoms with Crippen LogP contribution >= 0.6 is 38.9 Å². The van der Waals surface area contributed by atoms with Crippen LogP contribution in [-0.4, -0.2) is 12.3 Å². The smallest absolute Gasteiger partial charge is 0.139 e. The van der Waals surface area contributed by atoms with E-state index in [2.05, 4.69) is 93.9 Å². The number of hydrogen-bond acceptors (Lipinski definition) is 3. The van der Waals surface area contributed by atoms with Crippen LogP contribution in [0, 0.1) is 5.92 Å². The summed E-state index contributed by atoms with van der Waals surface area (Å²) in [7, 11) is 0. The molecule has 4 aromatic rings. The number of hydrogen-bond donors (Lipinski definition) is 0. The van der Waals surface area contributed by atoms with Crippen LogP contribution in [0.25, 0.3) is 22.4 Å². The highest BCUT2D eigenvalue weighted by Gasteiger charge is 2.30. The molecule has 1 aromatic heterocycles. The molecule has 5 heteroatoms. The first-order valence-electron chi connectivity index (χ1n) is 13.4. The van der Waals surface area contributed by atoms with E-state index < -0.39 is 0 Å². The van der Waals surface area contributed by atoms with Crippen LogP contribution in [-0.2, 0) is 12.8 Å². The quantitative estimate of drug-likeness (QED) is 0.225. The second-order valence-electron chi connectivity index (χ2n) is 9.99. The summed E-state index contributed by atoms with van der Waals surface area (Å²) in [6.07, 6.45) is 14.4. The third-order valence-corrected chi connectivity index (χ3v) is 9.92. The molecule has 0 amide bonds. The molecule has 0 fully saturated rings. The predicted molar refractivity (Wildman–Crippen MR) is 171 cm³/mol. The Morgan fingerprint density at radius 2 is 1.92 bits per heavy atom. The second kappa shape index (κ2) is 11.7. The molecule has 0 saturated carbocycles. The van der Waals surface area contributed by atoms with Gasteiger partial charge in [-0.3, -0.25) is 4.99 Å². The second-order valence-corrected chi connectivity index (χ2v) is 12.2. The van der Waals surface area contributed by atoms with Crippen LogP contribution in [0.1, 0.15) is 41.3 Å². The lowest BCUT2D eigenvalue weighted by molar-refractivity contribution is 0.243. The van der Waals surface area contributed by atoms with Gasteiger partial charge in [0, 0.05) is 34.6 Å². The van der Waals surface area contributed by atoms with E-state index in [0.717, 1.165) is 35.9 Å². The molecule has 0 saturated heterocycles. The van der Waals surface area contributed by atoms with E-state index in [0.29, 0.717) is 10.9 Å². The Hall–Kier alpha value is -2.92. The van der Waals surface area contributed by atoms with Crippen molar-refractivity contribution in [1.82, 2.24) is 0 Å². The van der Waals surface area contributed by atoms with E-state index in [1.165, 1.54) is 43.5 Å². The van der Waals surface area contributed by atoms with Crippen LogP contribution in [0.15, 0.2) is 99.4 Å². The zero-order chi connectivity index (χ0) is 26.8. The van der Waals surface area contributed by atoms with Gasteiger partial charge in [0.25, 0.3) is 0 Å². The average Bonchev–Trinajstić information content (AvgIpc) is 3.30. The van der Waals surface area contributed by atoms with Gasteiger partial charge in [0.05, 0.1) is 5.02 Å². The fourth-order valence-corrected chi connectivity index (χ4v) is 7.07. The van der Waals surface area contributed by atoms with Gasteiger partial charge in [-0.2, -0.15) is 0 Å². The van der Waals surface area contributed by atoms with Gasteiger partial charge in [-0.15, -0.1) is 11.3 Å². The number of aliphatic imine (C=N–C) groups is 1. The van der Waals surface area contributed by atoms with E-state index in [1.54, 1.807) is 11.3 Å². The molecule has 3 aromatic carbocycles. The third-order valence-electron chi connectivity index (χ3n) is 7.72. The maximum absolute atomic E-state index is 6.42. The summed E-state index contributed by atoms with van der Waals surface area (Å²) in [4.78, 5) is 5.40. The van der Waals surface area contributed by atoms with E-state index in [9.17, 15) is 0 Å². The average molecular weight is 615 g/mol. The van der Waals surface area contributed by atoms with Crippen molar-refractivity contribution < 1.29 is 4.74 Å². The van der Waals surface area contributed by atoms with Crippen molar-refractivity contribution in [3.05, 3.63) is 121 Å². The van der Waals surface area contributed by atoms with Gasteiger partial charge >= 0.3 is 0 Å². The van der Waals surface area contributed by atoms with Gasteiger partial charge in [-0.25, -0.2) is 0 Å². The highest BCUT2D eigenvalue weighted by Crippen LogP contribution is 2.44. The molecule has 3 aliphatic rings. The maximum Gasteiger partial charge on any atom is 0.139 e. The van der Waals surface area contributed by atoms with Crippen LogP contribution in [0.5, 0.6) is 5.75 Å². The monoisotopic (exact) mass is 613 g/mol. The summed E-state index contributed by atoms with van der Waals surface area (Å²) in [6, 6.07) is 21.3. The number of ether oxygens (including phenoxy) is 1. The lowest BCUT2D eigenvalue weighted by Gasteiger charge is -2.34. The molecular formula is C34H29BrClNOS. The molecular weight excluding hydrogens is 586 g/mol. The highest BCUT2D eigenvalue weighted by molar-refractivity contribution is 9.10. The van der Waals surface area contributed by atoms with E-state index in [4.69, 9.17) is 16.3 Å². The van der Waals surface area contributed by atoms with Gasteiger partial charge in [-0.1, -0.05) is 72.6 Å². The molecule has 39 heavy (non-hydrogen) atoms. The standard InChI is InChI=1S/C26H22BrClO.C8H7NS/c1-2-16-14-23-19-7-4-3-6-17(19)10-12-21(23)20-13-11-18(15-22(16)20)29-25-9-5-8-24(27)26(25)28;1-4-9-5-2-8-7(1)3-6-10-8/h3-13,16,18H,2,14-15H2,1H3;2-6H,1H2. The minimum atomic E-state index is 0.0107. The van der Waals surface area contributed by atoms with E-state index in [1.807, 2.05) is 30.6 Å². The maximum atomic E-state index is 6.42. The van der Waals surface area contributed by atoms with Crippen molar-refractivity contribution >= 4 is 67.5 Å². The van der Waals surface area contributed by atoms with Gasteiger partial charge in [0.1, 0.15) is 11.9 Å². The molecule has 0 radical (unpaired) electrons. The van der Waals surface area contributed by atoms with Gasteiger partial charge in [0.15, 0.2) is 0 Å². The Labute approximate surface area is 247 Å². The molecule has 2 aliphatic carbocycles. The van der Waals surface area contributed by atoms with Crippen molar-refractivity contribution in [1.29, 1.82) is 0 Å². The normalized spacial score (nSPS) is 19.1. The van der Waals surface area contributed by atoms with Crippen LogP contribution in [0.3, 0.4) is 0 Å². The lowest BCUT2D eigenvalue weighted by atomic mass is 9.72. The number of nitrogens with zero attached hydrogens (tertiary/aromatic N) is 1. The lowest BCUT2D eigenvalue weighted by Crippen LogP contribution is -2.25. The molecule has 7 rings (SSSR count). The van der Waals surface area contributed by atoms with Gasteiger partial charge in [0.2, 0.25) is 0 Å². The van der Waals surface area contributed by atoms with Gasteiger partial charge < -0.3 is 4.74 Å². The summed E-state index contributed by atoms with van der Waals surface area (Å²) < 4.78 is 7.15. The minimum absolute atomic E-state index is 0.0107. The largest absolute Gasteiger partial charge is 0.484 e. The molecule has 2 atom stereocenters. The Kier molecular flexibility index (Phi) is 7.87. The molecule has 196 valence electrons. The van der Waals surface area contributed by atoms with Crippen molar-refractivity contribution in [2.24, 2.45) is 10.9 Å². The first-order chi connectivity index (χ1) is 19.1. The molecule has 2 heterocycles. The number of thiophene rings is 1. The third kappa shape index (κ3) is 5.43. The molecule has 2 unspecified atom stereocenters. The zero-order valence-corrected chi connectivity index (χ0v) is 24.9. The highest BCUT2D eigenvalue weighted by atomic mass is 79.9. The van der Waals surface area contributed by atoms with Crippen molar-refractivity contribution in [3.8, 4) is 5.75 Å². The fourth-order valence-electron chi connectivity index (χ4n) is 5.73. The number of benzene rings is 3. The summed E-state index contributed by atoms with van der Waals surface area (Å²) in [5.41, 5.74) is 7.19. The van der Waals surface area contributed by atoms with Crippen molar-refractivity contribution in [2.75, 3.05) is 0 Å². The number of halogens is 2. The number of fused-ring (bicyclic) bond motifs is 5. The summed E-state index contributed by atoms with van der Waals surface area (Å²) in [5.74, 6) is 1.28. The first-order valence-corrected chi connectivity index (χ1v) is 15.4. The minimum Gasteiger partial charge on any atom is -0.484 e. The topological polar surface area (TPSA) is 21.6 Å². The van der Waals surface area contributed by atoms with Crippen LogP contribution in [0.2, 0.25) is 5.02 Å². The molecule has 1 aliphatic heterocycles. The first kappa shape index (κ1) is 26.3. The fraction of sp³-hybridized carbons (Fsp3) is 0.206. The Morgan fingerprint density at radius 3 is 2.82 bits per heavy atom. The zero-order valence-electron chi connectivity index (χ0n) is 21.7. The number of allylic oxidation sites excluding steroid dienone is 2. The van der Waals surface area contributed by atoms with Gasteiger partial charge in [-0.05, 0) is 103 Å². The Bertz CT molecular complexity index is 1650. The van der Waals surface area contributed by atoms with Crippen LogP contribution in [0.4, 0.5) is 0 Å². The predicted octanol–water partition coefficient (Wildman–Crippen LogP) is 10.3. The molecule has 2 nitrogen and oxygen atoms in total. The van der Waals surface area contributed by atoms with Crippen molar-refractivity contribution in [3.63, 3.8) is 0 Å². The van der Waals surface area contributed by atoms with E-state index >= 15 is 0 Å². The Balaban J connectivity index is 0.000000231. The summed E-state index contributed by atoms with van der Waals surface area (Å²) in [6.45, 7) is 2.30. The molecule has 0 bridgehead atoms. The molecule has 0 N–H and O–H groups in total. The number of rotatable bonds is 3. The van der Waals surface area contributed by atoms with E-state index in [-0.39, 0.29) is 6.10 Å². The summed E-state index contributed by atoms with van der Waals surface area (Å²) >= 11 is 11.7.